The summed E-state index contributed by atoms with van der Waals surface area (Å²) in [6, 6.07) is 26.6. The number of carbonyl (C=O) groups excluding carboxylic acids is 9. The molecule has 5 aromatic rings. The lowest BCUT2D eigenvalue weighted by Gasteiger charge is -2.37. The highest BCUT2D eigenvalue weighted by Gasteiger charge is 2.54. The van der Waals surface area contributed by atoms with Crippen molar-refractivity contribution in [2.75, 3.05) is 96.5 Å². The van der Waals surface area contributed by atoms with Gasteiger partial charge in [0.15, 0.2) is 5.60 Å². The first-order chi connectivity index (χ1) is 42.5. The number of nitrogens with one attached hydrogen (secondary N) is 5. The van der Waals surface area contributed by atoms with E-state index >= 15 is 0 Å². The van der Waals surface area contributed by atoms with Crippen molar-refractivity contribution in [2.45, 2.75) is 69.4 Å². The summed E-state index contributed by atoms with van der Waals surface area (Å²) in [6.45, 7) is 2.71. The summed E-state index contributed by atoms with van der Waals surface area (Å²) in [5, 5.41) is 14.4. The number of ether oxygens (including phenoxy) is 4. The molecule has 1 unspecified atom stereocenters. The molecule has 0 aromatic heterocycles. The second-order valence-corrected chi connectivity index (χ2v) is 21.8. The summed E-state index contributed by atoms with van der Waals surface area (Å²) < 4.78 is 24.0. The molecule has 0 aliphatic carbocycles. The number of nitrogens with zero attached hydrogens (tertiary/aromatic N) is 3. The van der Waals surface area contributed by atoms with Crippen molar-refractivity contribution in [1.29, 1.82) is 0 Å². The average Bonchev–Trinajstić information content (AvgIpc) is 1.45. The largest absolute Gasteiger partial charge is 0.456 e. The number of hydrogen-bond donors (Lipinski definition) is 5. The van der Waals surface area contributed by atoms with Gasteiger partial charge in [-0.1, -0.05) is 31.1 Å². The van der Waals surface area contributed by atoms with Gasteiger partial charge in [0, 0.05) is 142 Å². The Kier molecular flexibility index (Phi) is 22.8. The van der Waals surface area contributed by atoms with Gasteiger partial charge in [0.1, 0.15) is 17.5 Å². The van der Waals surface area contributed by atoms with Gasteiger partial charge in [-0.05, 0) is 117 Å². The van der Waals surface area contributed by atoms with Crippen LogP contribution in [-0.4, -0.2) is 151 Å². The van der Waals surface area contributed by atoms with Crippen molar-refractivity contribution in [3.05, 3.63) is 165 Å². The molecular formula is C65H73ClN8O14. The van der Waals surface area contributed by atoms with Gasteiger partial charge in [-0.2, -0.15) is 0 Å². The number of rotatable bonds is 31. The number of benzene rings is 5. The van der Waals surface area contributed by atoms with E-state index < -0.39 is 59.0 Å². The number of amides is 7. The fraction of sp³-hybridized carbons (Fsp3) is 0.369. The molecular weight excluding hydrogens is 1150 g/mol. The van der Waals surface area contributed by atoms with Crippen LogP contribution < -0.4 is 41.1 Å². The minimum atomic E-state index is -1.33. The molecule has 5 aromatic carbocycles. The van der Waals surface area contributed by atoms with Crippen molar-refractivity contribution < 1.29 is 66.9 Å². The number of carbonyl (C=O) groups is 9. The maximum atomic E-state index is 13.9. The smallest absolute Gasteiger partial charge is 0.363 e. The lowest BCUT2D eigenvalue weighted by molar-refractivity contribution is -0.172. The molecule has 0 saturated carbocycles. The first-order valence-corrected chi connectivity index (χ1v) is 29.8. The van der Waals surface area contributed by atoms with Gasteiger partial charge >= 0.3 is 11.9 Å². The van der Waals surface area contributed by atoms with Crippen LogP contribution in [0.1, 0.15) is 137 Å². The number of anilines is 2. The van der Waals surface area contributed by atoms with Crippen molar-refractivity contribution in [2.24, 2.45) is 0 Å². The molecule has 8 rings (SSSR count). The molecule has 0 bridgehead atoms. The second-order valence-electron chi connectivity index (χ2n) is 21.5. The van der Waals surface area contributed by atoms with E-state index in [4.69, 9.17) is 35.4 Å². The van der Waals surface area contributed by atoms with Crippen LogP contribution >= 0.6 is 11.6 Å². The van der Waals surface area contributed by atoms with Crippen LogP contribution in [0.4, 0.5) is 11.4 Å². The molecule has 1 saturated heterocycles. The van der Waals surface area contributed by atoms with Gasteiger partial charge < -0.3 is 60.2 Å². The summed E-state index contributed by atoms with van der Waals surface area (Å²) >= 11 is 5.70. The molecule has 5 N–H and O–H groups in total. The molecule has 1 fully saturated rings. The Balaban J connectivity index is 0.826. The zero-order valence-electron chi connectivity index (χ0n) is 49.7. The van der Waals surface area contributed by atoms with Crippen molar-refractivity contribution in [1.82, 2.24) is 31.6 Å². The third-order valence-corrected chi connectivity index (χ3v) is 15.1. The lowest BCUT2D eigenvalue weighted by atomic mass is 9.77. The average molecular weight is 1230 g/mol. The highest BCUT2D eigenvalue weighted by molar-refractivity contribution is 6.17. The standard InChI is InChI=1S/C65H73ClN8O14/c1-72(2)47-23-26-51-54(40-47)86-55-41-48(73(3)4)24-27-52(55)65(51)50-25-22-46(39-49(50)64(83)87-65)60(79)68-32-10-11-33-69-62(81)53(71-61(80)44-18-20-45(21-19-44)63(82)88-74-56(75)28-29-57(74)76)13-7-9-31-67-58(77)42-14-16-43(17-15-42)59(78)70-34-36-85-38-37-84-35-12-6-5-8-30-66/h7,13-27,39-41,53H,5-6,8-12,28-38H2,1-4H3,(H,67,77)(H,68,79)(H,69,81)(H,70,78)(H,71,80)/b13-7+. The topological polar surface area (TPSA) is 270 Å². The maximum absolute atomic E-state index is 13.9. The number of fused-ring (bicyclic) bond motifs is 6. The molecule has 88 heavy (non-hydrogen) atoms. The molecule has 3 heterocycles. The Hall–Kier alpha value is -9.12. The fourth-order valence-electron chi connectivity index (χ4n) is 9.94. The fourth-order valence-corrected chi connectivity index (χ4v) is 10.1. The highest BCUT2D eigenvalue weighted by Crippen LogP contribution is 2.57. The predicted molar refractivity (Wildman–Crippen MR) is 328 cm³/mol. The van der Waals surface area contributed by atoms with E-state index in [2.05, 4.69) is 26.6 Å². The van der Waals surface area contributed by atoms with E-state index in [1.165, 1.54) is 48.5 Å². The number of hydrogen-bond acceptors (Lipinski definition) is 16. The van der Waals surface area contributed by atoms with Gasteiger partial charge in [0.05, 0.1) is 30.9 Å². The third-order valence-electron chi connectivity index (χ3n) is 14.8. The number of imide groups is 1. The summed E-state index contributed by atoms with van der Waals surface area (Å²) in [5.74, 6) is -3.48. The van der Waals surface area contributed by atoms with Crippen LogP contribution in [0.15, 0.2) is 115 Å². The Morgan fingerprint density at radius 3 is 1.68 bits per heavy atom. The van der Waals surface area contributed by atoms with Crippen molar-refractivity contribution in [3.63, 3.8) is 0 Å². The van der Waals surface area contributed by atoms with Gasteiger partial charge in [-0.3, -0.25) is 33.6 Å². The Morgan fingerprint density at radius 1 is 0.568 bits per heavy atom. The first kappa shape index (κ1) is 64.9. The summed E-state index contributed by atoms with van der Waals surface area (Å²) in [7, 11) is 7.70. The van der Waals surface area contributed by atoms with Crippen LogP contribution in [-0.2, 0) is 39.0 Å². The van der Waals surface area contributed by atoms with Crippen LogP contribution in [0.3, 0.4) is 0 Å². The number of unbranched alkanes of at least 4 members (excludes halogenated alkanes) is 4. The highest BCUT2D eigenvalue weighted by atomic mass is 35.5. The molecule has 1 atom stereocenters. The molecule has 7 amide bonds. The van der Waals surface area contributed by atoms with Crippen LogP contribution in [0.5, 0.6) is 11.5 Å². The maximum Gasteiger partial charge on any atom is 0.363 e. The van der Waals surface area contributed by atoms with Gasteiger partial charge in [-0.15, -0.1) is 16.7 Å². The Morgan fingerprint density at radius 2 is 1.08 bits per heavy atom. The van der Waals surface area contributed by atoms with E-state index in [1.54, 1.807) is 30.3 Å². The number of alkyl halides is 1. The minimum absolute atomic E-state index is 0.0378. The summed E-state index contributed by atoms with van der Waals surface area (Å²) in [6.07, 6.45) is 8.21. The molecule has 23 heteroatoms. The predicted octanol–water partition coefficient (Wildman–Crippen LogP) is 6.97. The molecule has 1 spiro atoms. The molecule has 0 radical (unpaired) electrons. The zero-order valence-corrected chi connectivity index (χ0v) is 50.5. The monoisotopic (exact) mass is 1220 g/mol. The molecule has 464 valence electrons. The summed E-state index contributed by atoms with van der Waals surface area (Å²) in [4.78, 5) is 126. The molecule has 3 aliphatic heterocycles. The number of halogens is 1. The molecule has 22 nitrogen and oxygen atoms in total. The van der Waals surface area contributed by atoms with E-state index in [-0.39, 0.29) is 67.1 Å². The van der Waals surface area contributed by atoms with E-state index in [0.29, 0.717) is 96.1 Å². The van der Waals surface area contributed by atoms with Crippen LogP contribution in [0, 0.1) is 0 Å². The molecule has 3 aliphatic rings. The second kappa shape index (κ2) is 31.0. The Bertz CT molecular complexity index is 3330. The first-order valence-electron chi connectivity index (χ1n) is 29.3. The number of hydroxylamine groups is 2. The van der Waals surface area contributed by atoms with E-state index in [9.17, 15) is 43.2 Å². The normalized spacial score (nSPS) is 13.8. The van der Waals surface area contributed by atoms with E-state index in [0.717, 1.165) is 37.1 Å². The SMILES string of the molecule is CN(C)c1ccc2c(c1)Oc1cc(N(C)C)ccc1C21OC(=O)c2cc(C(=O)NCCCCNC(=O)C(/C=C/CCNC(=O)c3ccc(C(=O)NCCOCCOCCCCCCCl)cc3)NC(=O)c3ccc(C(=O)ON4C(=O)CCC4=O)cc3)ccc21. The van der Waals surface area contributed by atoms with Crippen molar-refractivity contribution >= 4 is 76.3 Å². The third kappa shape index (κ3) is 16.3. The van der Waals surface area contributed by atoms with Gasteiger partial charge in [-0.25, -0.2) is 9.59 Å². The summed E-state index contributed by atoms with van der Waals surface area (Å²) in [5.41, 5.74) is 3.55. The quantitative estimate of drug-likeness (QED) is 0.00986. The minimum Gasteiger partial charge on any atom is -0.456 e. The van der Waals surface area contributed by atoms with Gasteiger partial charge in [0.25, 0.3) is 35.4 Å². The number of esters is 1. The van der Waals surface area contributed by atoms with E-state index in [1.807, 2.05) is 74.4 Å². The van der Waals surface area contributed by atoms with Crippen molar-refractivity contribution in [3.8, 4) is 11.5 Å². The van der Waals surface area contributed by atoms with Gasteiger partial charge in [0.2, 0.25) is 5.91 Å². The van der Waals surface area contributed by atoms with Crippen LogP contribution in [0.25, 0.3) is 0 Å². The van der Waals surface area contributed by atoms with Crippen LogP contribution in [0.2, 0.25) is 0 Å². The lowest BCUT2D eigenvalue weighted by Crippen LogP contribution is -2.46. The zero-order chi connectivity index (χ0) is 62.7. The Labute approximate surface area is 515 Å².